The van der Waals surface area contributed by atoms with E-state index >= 15 is 0 Å². The van der Waals surface area contributed by atoms with Gasteiger partial charge in [0.2, 0.25) is 21.8 Å². The molecular formula is C22H28FN3O4S. The van der Waals surface area contributed by atoms with Crippen LogP contribution in [0.15, 0.2) is 47.4 Å². The van der Waals surface area contributed by atoms with Crippen LogP contribution in [0.1, 0.15) is 30.0 Å². The van der Waals surface area contributed by atoms with E-state index in [1.54, 1.807) is 31.2 Å². The number of carbonyl (C=O) groups is 2. The highest BCUT2D eigenvalue weighted by molar-refractivity contribution is 7.89. The Balaban J connectivity index is 1.82. The van der Waals surface area contributed by atoms with Crippen molar-refractivity contribution < 1.29 is 22.4 Å². The van der Waals surface area contributed by atoms with Crippen LogP contribution in [-0.4, -0.2) is 44.8 Å². The van der Waals surface area contributed by atoms with Crippen LogP contribution < -0.4 is 10.0 Å². The second-order valence-corrected chi connectivity index (χ2v) is 8.97. The number of aryl methyl sites for hydroxylation is 2. The van der Waals surface area contributed by atoms with Crippen molar-refractivity contribution in [3.05, 3.63) is 65.0 Å². The molecule has 7 nitrogen and oxygen atoms in total. The molecule has 0 aliphatic rings. The summed E-state index contributed by atoms with van der Waals surface area (Å²) in [4.78, 5) is 26.1. The summed E-state index contributed by atoms with van der Waals surface area (Å²) < 4.78 is 40.2. The summed E-state index contributed by atoms with van der Waals surface area (Å²) in [6.07, 6.45) is -0.0663. The molecule has 168 valence electrons. The summed E-state index contributed by atoms with van der Waals surface area (Å²) in [5.74, 6) is -1.04. The van der Waals surface area contributed by atoms with Crippen LogP contribution in [0.25, 0.3) is 0 Å². The minimum Gasteiger partial charge on any atom is -0.350 e. The number of hydrogen-bond donors (Lipinski definition) is 2. The first-order chi connectivity index (χ1) is 14.6. The molecule has 31 heavy (non-hydrogen) atoms. The van der Waals surface area contributed by atoms with Crippen molar-refractivity contribution in [2.75, 3.05) is 19.6 Å². The Morgan fingerprint density at radius 3 is 2.32 bits per heavy atom. The zero-order valence-electron chi connectivity index (χ0n) is 17.9. The largest absolute Gasteiger partial charge is 0.350 e. The van der Waals surface area contributed by atoms with E-state index in [1.807, 2.05) is 13.8 Å². The van der Waals surface area contributed by atoms with Gasteiger partial charge in [0.25, 0.3) is 0 Å². The standard InChI is InChI=1S/C22H28FN3O4S/c1-4-26(15-21(27)24-14-18-6-8-19(23)9-7-18)22(28)11-12-25-31(29,30)20-10-5-16(2)17(3)13-20/h5-10,13,25H,4,11-12,14-15H2,1-3H3,(H,24,27). The fourth-order valence-corrected chi connectivity index (χ4v) is 3.94. The molecule has 0 saturated carbocycles. The SMILES string of the molecule is CCN(CC(=O)NCc1ccc(F)cc1)C(=O)CCNS(=O)(=O)c1ccc(C)c(C)c1. The van der Waals surface area contributed by atoms with Crippen molar-refractivity contribution in [3.63, 3.8) is 0 Å². The van der Waals surface area contributed by atoms with E-state index in [0.29, 0.717) is 6.54 Å². The molecular weight excluding hydrogens is 421 g/mol. The molecule has 2 amide bonds. The third-order valence-electron chi connectivity index (χ3n) is 4.89. The number of amides is 2. The minimum absolute atomic E-state index is 0.0663. The van der Waals surface area contributed by atoms with Gasteiger partial charge in [-0.1, -0.05) is 18.2 Å². The number of benzene rings is 2. The Hall–Kier alpha value is -2.78. The summed E-state index contributed by atoms with van der Waals surface area (Å²) in [6, 6.07) is 10.6. The van der Waals surface area contributed by atoms with E-state index in [2.05, 4.69) is 10.0 Å². The van der Waals surface area contributed by atoms with Gasteiger partial charge in [-0.25, -0.2) is 17.5 Å². The van der Waals surface area contributed by atoms with E-state index < -0.39 is 10.0 Å². The maximum atomic E-state index is 12.9. The van der Waals surface area contributed by atoms with Crippen LogP contribution in [-0.2, 0) is 26.2 Å². The summed E-state index contributed by atoms with van der Waals surface area (Å²) in [5, 5.41) is 2.68. The maximum absolute atomic E-state index is 12.9. The minimum atomic E-state index is -3.72. The van der Waals surface area contributed by atoms with Crippen molar-refractivity contribution in [2.24, 2.45) is 0 Å². The van der Waals surface area contributed by atoms with Crippen molar-refractivity contribution in [2.45, 2.75) is 38.6 Å². The molecule has 0 unspecified atom stereocenters. The normalized spacial score (nSPS) is 11.2. The van der Waals surface area contributed by atoms with Crippen molar-refractivity contribution >= 4 is 21.8 Å². The van der Waals surface area contributed by atoms with E-state index in [9.17, 15) is 22.4 Å². The lowest BCUT2D eigenvalue weighted by molar-refractivity contribution is -0.135. The predicted octanol–water partition coefficient (Wildman–Crippen LogP) is 2.28. The average Bonchev–Trinajstić information content (AvgIpc) is 2.73. The van der Waals surface area contributed by atoms with Crippen LogP contribution in [0.5, 0.6) is 0 Å². The molecule has 2 N–H and O–H groups in total. The van der Waals surface area contributed by atoms with Gasteiger partial charge in [-0.05, 0) is 61.7 Å². The number of carbonyl (C=O) groups excluding carboxylic acids is 2. The molecule has 0 fully saturated rings. The fraction of sp³-hybridized carbons (Fsp3) is 0.364. The number of nitrogens with one attached hydrogen (secondary N) is 2. The third kappa shape index (κ3) is 7.45. The van der Waals surface area contributed by atoms with Crippen LogP contribution in [0, 0.1) is 19.7 Å². The number of sulfonamides is 1. The van der Waals surface area contributed by atoms with Gasteiger partial charge in [-0.3, -0.25) is 9.59 Å². The second-order valence-electron chi connectivity index (χ2n) is 7.20. The molecule has 0 heterocycles. The van der Waals surface area contributed by atoms with Crippen LogP contribution in [0.2, 0.25) is 0 Å². The van der Waals surface area contributed by atoms with E-state index in [1.165, 1.54) is 23.1 Å². The molecule has 0 aliphatic heterocycles. The molecule has 9 heteroatoms. The smallest absolute Gasteiger partial charge is 0.240 e. The van der Waals surface area contributed by atoms with Gasteiger partial charge in [0, 0.05) is 26.1 Å². The summed E-state index contributed by atoms with van der Waals surface area (Å²) in [6.45, 7) is 5.80. The summed E-state index contributed by atoms with van der Waals surface area (Å²) >= 11 is 0. The van der Waals surface area contributed by atoms with Crippen LogP contribution in [0.4, 0.5) is 4.39 Å². The number of nitrogens with zero attached hydrogens (tertiary/aromatic N) is 1. The molecule has 2 rings (SSSR count). The van der Waals surface area contributed by atoms with Crippen molar-refractivity contribution in [1.82, 2.24) is 14.9 Å². The monoisotopic (exact) mass is 449 g/mol. The van der Waals surface area contributed by atoms with Crippen LogP contribution in [0.3, 0.4) is 0 Å². The Morgan fingerprint density at radius 2 is 1.71 bits per heavy atom. The highest BCUT2D eigenvalue weighted by Gasteiger charge is 2.18. The van der Waals surface area contributed by atoms with Gasteiger partial charge < -0.3 is 10.2 Å². The first-order valence-corrected chi connectivity index (χ1v) is 11.5. The second kappa shape index (κ2) is 11.0. The Bertz CT molecular complexity index is 1020. The van der Waals surface area contributed by atoms with E-state index in [0.717, 1.165) is 16.7 Å². The number of likely N-dealkylation sites (N-methyl/N-ethyl adjacent to an activating group) is 1. The fourth-order valence-electron chi connectivity index (χ4n) is 2.82. The lowest BCUT2D eigenvalue weighted by atomic mass is 10.1. The molecule has 0 aromatic heterocycles. The molecule has 0 radical (unpaired) electrons. The highest BCUT2D eigenvalue weighted by atomic mass is 32.2. The number of hydrogen-bond acceptors (Lipinski definition) is 4. The summed E-state index contributed by atoms with van der Waals surface area (Å²) in [7, 11) is -3.72. The number of halogens is 1. The zero-order chi connectivity index (χ0) is 23.0. The van der Waals surface area contributed by atoms with Crippen molar-refractivity contribution in [3.8, 4) is 0 Å². The molecule has 0 saturated heterocycles. The summed E-state index contributed by atoms with van der Waals surface area (Å²) in [5.41, 5.74) is 2.60. The zero-order valence-corrected chi connectivity index (χ0v) is 18.8. The first-order valence-electron chi connectivity index (χ1n) is 9.98. The lowest BCUT2D eigenvalue weighted by Crippen LogP contribution is -2.41. The van der Waals surface area contributed by atoms with Gasteiger partial charge in [0.15, 0.2) is 0 Å². The Labute approximate surface area is 182 Å². The molecule has 0 bridgehead atoms. The van der Waals surface area contributed by atoms with Crippen LogP contribution >= 0.6 is 0 Å². The Kier molecular flexibility index (Phi) is 8.70. The molecule has 0 atom stereocenters. The van der Waals surface area contributed by atoms with Gasteiger partial charge in [0.1, 0.15) is 5.82 Å². The third-order valence-corrected chi connectivity index (χ3v) is 6.35. The lowest BCUT2D eigenvalue weighted by Gasteiger charge is -2.20. The predicted molar refractivity (Wildman–Crippen MR) is 116 cm³/mol. The highest BCUT2D eigenvalue weighted by Crippen LogP contribution is 2.14. The van der Waals surface area contributed by atoms with Crippen molar-refractivity contribution in [1.29, 1.82) is 0 Å². The quantitative estimate of drug-likeness (QED) is 0.582. The Morgan fingerprint density at radius 1 is 1.03 bits per heavy atom. The molecule has 2 aromatic carbocycles. The first kappa shape index (κ1) is 24.5. The van der Waals surface area contributed by atoms with Gasteiger partial charge in [-0.15, -0.1) is 0 Å². The van der Waals surface area contributed by atoms with Gasteiger partial charge in [-0.2, -0.15) is 0 Å². The maximum Gasteiger partial charge on any atom is 0.240 e. The molecule has 2 aromatic rings. The van der Waals surface area contributed by atoms with E-state index in [-0.39, 0.29) is 48.6 Å². The van der Waals surface area contributed by atoms with Gasteiger partial charge in [0.05, 0.1) is 11.4 Å². The topological polar surface area (TPSA) is 95.6 Å². The molecule has 0 aliphatic carbocycles. The average molecular weight is 450 g/mol. The van der Waals surface area contributed by atoms with Gasteiger partial charge >= 0.3 is 0 Å². The molecule has 0 spiro atoms. The number of rotatable bonds is 10. The van der Waals surface area contributed by atoms with E-state index in [4.69, 9.17) is 0 Å².